The molecule has 1 aromatic rings. The largest absolute Gasteiger partial charge is 0.349 e. The molecule has 0 atom stereocenters. The molecule has 13 heavy (non-hydrogen) atoms. The van der Waals surface area contributed by atoms with E-state index in [0.717, 1.165) is 0 Å². The summed E-state index contributed by atoms with van der Waals surface area (Å²) in [7, 11) is 0. The molecule has 0 spiro atoms. The number of rotatable bonds is 3. The summed E-state index contributed by atoms with van der Waals surface area (Å²) in [6, 6.07) is 6.00. The molecule has 5 nitrogen and oxygen atoms in total. The molecule has 0 saturated carbocycles. The van der Waals surface area contributed by atoms with Crippen LogP contribution in [0.1, 0.15) is 6.92 Å². The van der Waals surface area contributed by atoms with Crippen molar-refractivity contribution in [2.45, 2.75) is 12.8 Å². The van der Waals surface area contributed by atoms with Crippen molar-refractivity contribution in [3.05, 3.63) is 29.2 Å². The van der Waals surface area contributed by atoms with Gasteiger partial charge in [-0.15, -0.1) is 4.91 Å². The van der Waals surface area contributed by atoms with Crippen LogP contribution in [-0.4, -0.2) is 16.1 Å². The first kappa shape index (κ1) is 9.63. The summed E-state index contributed by atoms with van der Waals surface area (Å²) in [5, 5.41) is 23.0. The summed E-state index contributed by atoms with van der Waals surface area (Å²) in [6.45, 7) is 1.19. The van der Waals surface area contributed by atoms with Gasteiger partial charge in [-0.2, -0.15) is 0 Å². The van der Waals surface area contributed by atoms with Crippen LogP contribution < -0.4 is 5.32 Å². The lowest BCUT2D eigenvalue weighted by Gasteiger charge is -2.18. The molecule has 0 aromatic heterocycles. The third-order valence-corrected chi connectivity index (χ3v) is 1.35. The van der Waals surface area contributed by atoms with Crippen molar-refractivity contribution in [1.29, 1.82) is 0 Å². The Morgan fingerprint density at radius 3 is 2.23 bits per heavy atom. The normalized spacial score (nSPS) is 11.0. The fourth-order valence-electron chi connectivity index (χ4n) is 0.879. The topological polar surface area (TPSA) is 81.9 Å². The smallest absolute Gasteiger partial charge is 0.241 e. The van der Waals surface area contributed by atoms with Gasteiger partial charge in [0.25, 0.3) is 0 Å². The van der Waals surface area contributed by atoms with Gasteiger partial charge < -0.3 is 15.5 Å². The van der Waals surface area contributed by atoms with Crippen molar-refractivity contribution >= 4 is 11.4 Å². The van der Waals surface area contributed by atoms with Crippen LogP contribution in [0.2, 0.25) is 0 Å². The molecule has 0 radical (unpaired) electrons. The van der Waals surface area contributed by atoms with E-state index in [9.17, 15) is 4.91 Å². The summed E-state index contributed by atoms with van der Waals surface area (Å²) in [5.41, 5.74) is 0.794. The number of nitrogens with one attached hydrogen (secondary N) is 1. The number of anilines is 1. The Morgan fingerprint density at radius 1 is 1.31 bits per heavy atom. The maximum absolute atomic E-state index is 10.0. The molecule has 1 rings (SSSR count). The lowest BCUT2D eigenvalue weighted by atomic mass is 10.3. The molecule has 0 heterocycles. The van der Waals surface area contributed by atoms with Crippen molar-refractivity contribution < 1.29 is 10.2 Å². The molecule has 0 unspecified atom stereocenters. The van der Waals surface area contributed by atoms with E-state index >= 15 is 0 Å². The standard InChI is InChI=1S/C8H10N2O3/c1-8(11,12)9-6-2-4-7(10-13)5-3-6/h2-5,9,11-12H,1H3. The van der Waals surface area contributed by atoms with Crippen molar-refractivity contribution in [2.24, 2.45) is 5.18 Å². The highest BCUT2D eigenvalue weighted by molar-refractivity contribution is 5.51. The van der Waals surface area contributed by atoms with Gasteiger partial charge in [-0.3, -0.25) is 0 Å². The number of nitroso groups, excluding NO2 is 1. The van der Waals surface area contributed by atoms with Gasteiger partial charge in [0.15, 0.2) is 0 Å². The van der Waals surface area contributed by atoms with Crippen LogP contribution >= 0.6 is 0 Å². The van der Waals surface area contributed by atoms with Gasteiger partial charge in [-0.05, 0) is 29.4 Å². The summed E-state index contributed by atoms with van der Waals surface area (Å²) < 4.78 is 0. The zero-order chi connectivity index (χ0) is 9.90. The Balaban J connectivity index is 2.75. The molecule has 0 fully saturated rings. The van der Waals surface area contributed by atoms with E-state index < -0.39 is 5.91 Å². The van der Waals surface area contributed by atoms with Crippen LogP contribution in [0, 0.1) is 4.91 Å². The van der Waals surface area contributed by atoms with Gasteiger partial charge in [0.2, 0.25) is 5.91 Å². The molecule has 0 aliphatic rings. The van der Waals surface area contributed by atoms with E-state index in [2.05, 4.69) is 10.5 Å². The van der Waals surface area contributed by atoms with Crippen molar-refractivity contribution in [3.8, 4) is 0 Å². The Bertz CT molecular complexity index is 289. The molecule has 0 saturated heterocycles. The minimum Gasteiger partial charge on any atom is -0.349 e. The Morgan fingerprint density at radius 2 is 1.85 bits per heavy atom. The van der Waals surface area contributed by atoms with Gasteiger partial charge in [0.05, 0.1) is 0 Å². The average molecular weight is 182 g/mol. The third kappa shape index (κ3) is 3.18. The Labute approximate surface area is 75.0 Å². The van der Waals surface area contributed by atoms with Gasteiger partial charge >= 0.3 is 0 Å². The van der Waals surface area contributed by atoms with Gasteiger partial charge in [0.1, 0.15) is 5.69 Å². The number of hydrogen-bond donors (Lipinski definition) is 3. The zero-order valence-electron chi connectivity index (χ0n) is 7.06. The summed E-state index contributed by atoms with van der Waals surface area (Å²) in [6.07, 6.45) is 0. The van der Waals surface area contributed by atoms with E-state index in [1.165, 1.54) is 31.2 Å². The van der Waals surface area contributed by atoms with Gasteiger partial charge in [0, 0.05) is 12.6 Å². The van der Waals surface area contributed by atoms with Crippen LogP contribution in [0.5, 0.6) is 0 Å². The molecule has 5 heteroatoms. The first-order chi connectivity index (χ1) is 6.01. The van der Waals surface area contributed by atoms with Crippen LogP contribution in [0.4, 0.5) is 11.4 Å². The monoisotopic (exact) mass is 182 g/mol. The SMILES string of the molecule is CC(O)(O)Nc1ccc(N=O)cc1. The number of hydrogen-bond acceptors (Lipinski definition) is 5. The minimum absolute atomic E-state index is 0.295. The molecule has 0 amide bonds. The first-order valence-electron chi connectivity index (χ1n) is 3.67. The molecular weight excluding hydrogens is 172 g/mol. The van der Waals surface area contributed by atoms with Crippen LogP contribution in [0.3, 0.4) is 0 Å². The Hall–Kier alpha value is -1.46. The van der Waals surface area contributed by atoms with Gasteiger partial charge in [-0.25, -0.2) is 0 Å². The molecular formula is C8H10N2O3. The van der Waals surface area contributed by atoms with Gasteiger partial charge in [-0.1, -0.05) is 0 Å². The summed E-state index contributed by atoms with van der Waals surface area (Å²) >= 11 is 0. The molecule has 1 aromatic carbocycles. The van der Waals surface area contributed by atoms with Crippen molar-refractivity contribution in [1.82, 2.24) is 0 Å². The molecule has 0 aliphatic heterocycles. The summed E-state index contributed by atoms with van der Waals surface area (Å²) in [5.74, 6) is -1.96. The second-order valence-corrected chi connectivity index (χ2v) is 2.78. The van der Waals surface area contributed by atoms with E-state index in [1.807, 2.05) is 0 Å². The maximum Gasteiger partial charge on any atom is 0.241 e. The van der Waals surface area contributed by atoms with Crippen molar-refractivity contribution in [3.63, 3.8) is 0 Å². The van der Waals surface area contributed by atoms with E-state index in [0.29, 0.717) is 11.4 Å². The highest BCUT2D eigenvalue weighted by Crippen LogP contribution is 2.17. The fraction of sp³-hybridized carbons (Fsp3) is 0.250. The summed E-state index contributed by atoms with van der Waals surface area (Å²) in [4.78, 5) is 10.0. The molecule has 0 bridgehead atoms. The fourth-order valence-corrected chi connectivity index (χ4v) is 0.879. The van der Waals surface area contributed by atoms with Crippen molar-refractivity contribution in [2.75, 3.05) is 5.32 Å². The maximum atomic E-state index is 10.0. The second-order valence-electron chi connectivity index (χ2n) is 2.78. The lowest BCUT2D eigenvalue weighted by Crippen LogP contribution is -2.33. The quantitative estimate of drug-likeness (QED) is 0.483. The van der Waals surface area contributed by atoms with Crippen LogP contribution in [0.15, 0.2) is 29.4 Å². The Kier molecular flexibility index (Phi) is 2.60. The number of benzene rings is 1. The van der Waals surface area contributed by atoms with E-state index in [-0.39, 0.29) is 0 Å². The minimum atomic E-state index is -1.96. The predicted octanol–water partition coefficient (Wildman–Crippen LogP) is 1.15. The highest BCUT2D eigenvalue weighted by Gasteiger charge is 2.13. The predicted molar refractivity (Wildman–Crippen MR) is 48.4 cm³/mol. The third-order valence-electron chi connectivity index (χ3n) is 1.35. The zero-order valence-corrected chi connectivity index (χ0v) is 7.06. The van der Waals surface area contributed by atoms with Crippen LogP contribution in [-0.2, 0) is 0 Å². The number of aliphatic hydroxyl groups is 2. The van der Waals surface area contributed by atoms with Crippen LogP contribution in [0.25, 0.3) is 0 Å². The molecule has 0 aliphatic carbocycles. The first-order valence-corrected chi connectivity index (χ1v) is 3.67. The second kappa shape index (κ2) is 3.51. The average Bonchev–Trinajstić information content (AvgIpc) is 2.03. The molecule has 3 N–H and O–H groups in total. The lowest BCUT2D eigenvalue weighted by molar-refractivity contribution is -0.118. The van der Waals surface area contributed by atoms with E-state index in [4.69, 9.17) is 10.2 Å². The highest BCUT2D eigenvalue weighted by atomic mass is 16.5. The molecule has 70 valence electrons. The van der Waals surface area contributed by atoms with E-state index in [1.54, 1.807) is 0 Å². The number of nitrogens with zero attached hydrogens (tertiary/aromatic N) is 1.